The fourth-order valence-electron chi connectivity index (χ4n) is 2.16. The van der Waals surface area contributed by atoms with Crippen molar-refractivity contribution >= 4 is 21.9 Å². The van der Waals surface area contributed by atoms with Crippen LogP contribution in [0.1, 0.15) is 29.0 Å². The first kappa shape index (κ1) is 18.2. The summed E-state index contributed by atoms with van der Waals surface area (Å²) in [6.45, 7) is -0.408. The number of ether oxygens (including phenoxy) is 1. The SMILES string of the molecule is O=C(COC(=O)c1cccc(S(=O)(=O)NCc2ccco2)c1)NC1CC1. The minimum atomic E-state index is -3.83. The Labute approximate surface area is 150 Å². The first-order chi connectivity index (χ1) is 12.4. The molecule has 1 aliphatic carbocycles. The van der Waals surface area contributed by atoms with E-state index in [1.807, 2.05) is 0 Å². The highest BCUT2D eigenvalue weighted by molar-refractivity contribution is 7.89. The lowest BCUT2D eigenvalue weighted by atomic mass is 10.2. The minimum absolute atomic E-state index is 0.00859. The molecule has 9 heteroatoms. The van der Waals surface area contributed by atoms with Crippen LogP contribution in [-0.2, 0) is 26.1 Å². The summed E-state index contributed by atoms with van der Waals surface area (Å²) in [5.74, 6) is -0.672. The molecule has 1 fully saturated rings. The number of furan rings is 1. The van der Waals surface area contributed by atoms with Gasteiger partial charge in [0.25, 0.3) is 5.91 Å². The van der Waals surface area contributed by atoms with Crippen molar-refractivity contribution in [2.45, 2.75) is 30.3 Å². The third kappa shape index (κ3) is 4.93. The Kier molecular flexibility index (Phi) is 5.38. The van der Waals surface area contributed by atoms with Crippen LogP contribution in [-0.4, -0.2) is 32.9 Å². The van der Waals surface area contributed by atoms with Crippen molar-refractivity contribution in [3.8, 4) is 0 Å². The second-order valence-corrected chi connectivity index (χ2v) is 7.62. The molecule has 0 unspecified atom stereocenters. The molecule has 2 N–H and O–H groups in total. The van der Waals surface area contributed by atoms with Crippen LogP contribution in [0, 0.1) is 0 Å². The standard InChI is InChI=1S/C17H18N2O6S/c20-16(19-13-6-7-13)11-25-17(21)12-3-1-5-15(9-12)26(22,23)18-10-14-4-2-8-24-14/h1-5,8-9,13,18H,6-7,10-11H2,(H,19,20). The zero-order valence-electron chi connectivity index (χ0n) is 13.8. The van der Waals surface area contributed by atoms with Gasteiger partial charge in [-0.15, -0.1) is 0 Å². The Morgan fingerprint density at radius 2 is 2.00 bits per heavy atom. The second-order valence-electron chi connectivity index (χ2n) is 5.85. The molecule has 1 saturated carbocycles. The first-order valence-electron chi connectivity index (χ1n) is 8.02. The van der Waals surface area contributed by atoms with Crippen LogP contribution in [0.5, 0.6) is 0 Å². The van der Waals surface area contributed by atoms with Gasteiger partial charge in [0.15, 0.2) is 6.61 Å². The smallest absolute Gasteiger partial charge is 0.338 e. The van der Waals surface area contributed by atoms with E-state index in [1.165, 1.54) is 30.5 Å². The van der Waals surface area contributed by atoms with Crippen molar-refractivity contribution < 1.29 is 27.2 Å². The van der Waals surface area contributed by atoms with Gasteiger partial charge in [-0.3, -0.25) is 4.79 Å². The van der Waals surface area contributed by atoms with E-state index in [0.717, 1.165) is 12.8 Å². The zero-order valence-corrected chi connectivity index (χ0v) is 14.6. The second kappa shape index (κ2) is 7.71. The molecule has 0 spiro atoms. The molecule has 1 aliphatic rings. The predicted molar refractivity (Wildman–Crippen MR) is 90.6 cm³/mol. The van der Waals surface area contributed by atoms with Gasteiger partial charge in [-0.1, -0.05) is 6.07 Å². The third-order valence-electron chi connectivity index (χ3n) is 3.67. The quantitative estimate of drug-likeness (QED) is 0.667. The summed E-state index contributed by atoms with van der Waals surface area (Å²) in [4.78, 5) is 23.5. The lowest BCUT2D eigenvalue weighted by molar-refractivity contribution is -0.124. The van der Waals surface area contributed by atoms with Gasteiger partial charge in [0.2, 0.25) is 10.0 Å². The van der Waals surface area contributed by atoms with E-state index in [4.69, 9.17) is 9.15 Å². The molecule has 0 aliphatic heterocycles. The number of rotatable bonds is 8. The van der Waals surface area contributed by atoms with E-state index in [2.05, 4.69) is 10.0 Å². The number of hydrogen-bond donors (Lipinski definition) is 2. The molecule has 1 aromatic heterocycles. The van der Waals surface area contributed by atoms with Gasteiger partial charge in [-0.25, -0.2) is 17.9 Å². The molecule has 1 aromatic carbocycles. The highest BCUT2D eigenvalue weighted by Crippen LogP contribution is 2.18. The highest BCUT2D eigenvalue weighted by Gasteiger charge is 2.24. The van der Waals surface area contributed by atoms with Gasteiger partial charge in [0.1, 0.15) is 5.76 Å². The fraction of sp³-hybridized carbons (Fsp3) is 0.294. The molecular formula is C17H18N2O6S. The maximum Gasteiger partial charge on any atom is 0.338 e. The van der Waals surface area contributed by atoms with Crippen LogP contribution < -0.4 is 10.0 Å². The van der Waals surface area contributed by atoms with Crippen molar-refractivity contribution in [2.24, 2.45) is 0 Å². The molecule has 2 aromatic rings. The maximum atomic E-state index is 12.3. The Hall–Kier alpha value is -2.65. The summed E-state index contributed by atoms with van der Waals surface area (Å²) in [6.07, 6.45) is 3.31. The fourth-order valence-corrected chi connectivity index (χ4v) is 3.20. The first-order valence-corrected chi connectivity index (χ1v) is 9.51. The summed E-state index contributed by atoms with van der Waals surface area (Å²) < 4.78 is 37.0. The molecule has 0 saturated heterocycles. The van der Waals surface area contributed by atoms with Crippen LogP contribution in [0.25, 0.3) is 0 Å². The van der Waals surface area contributed by atoms with E-state index in [0.29, 0.717) is 5.76 Å². The molecule has 3 rings (SSSR count). The van der Waals surface area contributed by atoms with Crippen molar-refractivity contribution in [1.82, 2.24) is 10.0 Å². The normalized spacial score (nSPS) is 14.0. The van der Waals surface area contributed by atoms with Gasteiger partial charge in [-0.05, 0) is 43.2 Å². The van der Waals surface area contributed by atoms with Gasteiger partial charge >= 0.3 is 5.97 Å². The Morgan fingerprint density at radius 1 is 1.19 bits per heavy atom. The third-order valence-corrected chi connectivity index (χ3v) is 5.07. The maximum absolute atomic E-state index is 12.3. The van der Waals surface area contributed by atoms with Crippen molar-refractivity contribution in [2.75, 3.05) is 6.61 Å². The van der Waals surface area contributed by atoms with Gasteiger partial charge < -0.3 is 14.5 Å². The highest BCUT2D eigenvalue weighted by atomic mass is 32.2. The van der Waals surface area contributed by atoms with Crippen molar-refractivity contribution in [1.29, 1.82) is 0 Å². The van der Waals surface area contributed by atoms with Crippen LogP contribution in [0.4, 0.5) is 0 Å². The molecule has 138 valence electrons. The number of benzene rings is 1. The van der Waals surface area contributed by atoms with E-state index in [-0.39, 0.29) is 29.0 Å². The number of sulfonamides is 1. The van der Waals surface area contributed by atoms with Crippen molar-refractivity contribution in [3.63, 3.8) is 0 Å². The van der Waals surface area contributed by atoms with Crippen LogP contribution in [0.3, 0.4) is 0 Å². The lowest BCUT2D eigenvalue weighted by Gasteiger charge is -2.08. The number of esters is 1. The molecule has 0 bridgehead atoms. The average Bonchev–Trinajstić information content (AvgIpc) is 3.28. The van der Waals surface area contributed by atoms with E-state index >= 15 is 0 Å². The largest absolute Gasteiger partial charge is 0.468 e. The number of amides is 1. The van der Waals surface area contributed by atoms with E-state index < -0.39 is 22.6 Å². The molecule has 0 atom stereocenters. The van der Waals surface area contributed by atoms with Gasteiger partial charge in [0, 0.05) is 6.04 Å². The topological polar surface area (TPSA) is 115 Å². The monoisotopic (exact) mass is 378 g/mol. The van der Waals surface area contributed by atoms with Crippen LogP contribution in [0.2, 0.25) is 0 Å². The number of hydrogen-bond acceptors (Lipinski definition) is 6. The van der Waals surface area contributed by atoms with Crippen molar-refractivity contribution in [3.05, 3.63) is 54.0 Å². The number of carbonyl (C=O) groups excluding carboxylic acids is 2. The minimum Gasteiger partial charge on any atom is -0.468 e. The van der Waals surface area contributed by atoms with Gasteiger partial charge in [-0.2, -0.15) is 0 Å². The molecule has 0 radical (unpaired) electrons. The number of nitrogens with one attached hydrogen (secondary N) is 2. The number of carbonyl (C=O) groups is 2. The lowest BCUT2D eigenvalue weighted by Crippen LogP contribution is -2.30. The zero-order chi connectivity index (χ0) is 18.6. The molecule has 1 heterocycles. The van der Waals surface area contributed by atoms with E-state index in [1.54, 1.807) is 12.1 Å². The molecule has 26 heavy (non-hydrogen) atoms. The summed E-state index contributed by atoms with van der Waals surface area (Å²) in [7, 11) is -3.83. The van der Waals surface area contributed by atoms with E-state index in [9.17, 15) is 18.0 Å². The van der Waals surface area contributed by atoms with Gasteiger partial charge in [0.05, 0.1) is 23.3 Å². The van der Waals surface area contributed by atoms with Crippen LogP contribution >= 0.6 is 0 Å². The van der Waals surface area contributed by atoms with Crippen LogP contribution in [0.15, 0.2) is 52.0 Å². The molecule has 8 nitrogen and oxygen atoms in total. The summed E-state index contributed by atoms with van der Waals surface area (Å²) in [6, 6.07) is 8.89. The Morgan fingerprint density at radius 3 is 2.69 bits per heavy atom. The predicted octanol–water partition coefficient (Wildman–Crippen LogP) is 1.19. The average molecular weight is 378 g/mol. The summed E-state index contributed by atoms with van der Waals surface area (Å²) >= 11 is 0. The summed E-state index contributed by atoms with van der Waals surface area (Å²) in [5.41, 5.74) is 0.0464. The molecule has 1 amide bonds. The molecular weight excluding hydrogens is 360 g/mol. The summed E-state index contributed by atoms with van der Waals surface area (Å²) in [5, 5.41) is 2.70. The Bertz CT molecular complexity index is 888. The Balaban J connectivity index is 1.60.